The Hall–Kier alpha value is -1.80. The van der Waals surface area contributed by atoms with Crippen molar-refractivity contribution in [3.63, 3.8) is 0 Å². The van der Waals surface area contributed by atoms with E-state index in [2.05, 4.69) is 74.6 Å². The lowest BCUT2D eigenvalue weighted by atomic mass is 10.0. The molecule has 0 bridgehead atoms. The van der Waals surface area contributed by atoms with Crippen molar-refractivity contribution in [3.05, 3.63) is 60.8 Å². The van der Waals surface area contributed by atoms with Crippen molar-refractivity contribution < 1.29 is 37.3 Å². The lowest BCUT2D eigenvalue weighted by Gasteiger charge is -2.24. The van der Waals surface area contributed by atoms with Gasteiger partial charge in [0, 0.05) is 13.0 Å². The molecule has 1 N–H and O–H groups in total. The Morgan fingerprint density at radius 1 is 0.437 bits per heavy atom. The van der Waals surface area contributed by atoms with Crippen molar-refractivity contribution in [2.45, 2.75) is 277 Å². The minimum Gasteiger partial charge on any atom is -0.457 e. The van der Waals surface area contributed by atoms with E-state index in [4.69, 9.17) is 18.5 Å². The number of unbranched alkanes of at least 4 members (excludes halogenated alkanes) is 32. The Labute approximate surface area is 440 Å². The maximum atomic E-state index is 12.8. The smallest absolute Gasteiger partial charge is 0.457 e. The summed E-state index contributed by atoms with van der Waals surface area (Å²) in [6.07, 6.45) is 71.4. The fourth-order valence-corrected chi connectivity index (χ4v) is 9.16. The van der Waals surface area contributed by atoms with E-state index in [0.29, 0.717) is 24.1 Å². The fourth-order valence-electron chi connectivity index (χ4n) is 8.42. The van der Waals surface area contributed by atoms with Crippen LogP contribution in [0.25, 0.3) is 0 Å². The average Bonchev–Trinajstić information content (AvgIpc) is 3.33. The number of likely N-dealkylation sites (N-methyl/N-ethyl adjacent to an activating group) is 1. The predicted molar refractivity (Wildman–Crippen MR) is 307 cm³/mol. The van der Waals surface area contributed by atoms with Gasteiger partial charge < -0.3 is 18.9 Å². The molecule has 0 radical (unpaired) electrons. The molecule has 0 aromatic heterocycles. The molecule has 71 heavy (non-hydrogen) atoms. The Bertz CT molecular complexity index is 1320. The Morgan fingerprint density at radius 2 is 0.775 bits per heavy atom. The number of phosphoric acid groups is 1. The van der Waals surface area contributed by atoms with Crippen molar-refractivity contribution in [1.82, 2.24) is 0 Å². The van der Waals surface area contributed by atoms with Crippen molar-refractivity contribution in [1.29, 1.82) is 0 Å². The van der Waals surface area contributed by atoms with Gasteiger partial charge in [-0.2, -0.15) is 0 Å². The minimum absolute atomic E-state index is 0.0862. The standard InChI is InChI=1S/C62H116NO7P/c1-6-8-10-12-14-16-18-20-22-24-26-28-30-32-33-35-37-39-41-43-45-47-49-51-53-55-62(64)70-61(60-69-71(65,66)68-58-56-63(3,4)5)59-67-57-54-52-50-48-46-44-42-40-38-36-34-31-29-27-25-23-21-19-17-15-13-11-9-7-2/h18-21,24-27,30,32,61H,6-17,22-23,28-29,31,33-60H2,1-5H3/p+1/b20-18-,21-19-,26-24-,27-25-,32-30-. The monoisotopic (exact) mass is 1020 g/mol. The SMILES string of the molecule is CCCCCCC/C=C\C/C=C\C/C=C\CCCCCCCCCCCCC(=O)OC(COCCCCCCCCCCCCCC/C=C\C/C=C\CCCCCCC)COP(=O)(O)OCC[N+](C)(C)C. The van der Waals surface area contributed by atoms with E-state index in [0.717, 1.165) is 51.4 Å². The second-order valence-corrected chi connectivity index (χ2v) is 22.8. The minimum atomic E-state index is -4.29. The summed E-state index contributed by atoms with van der Waals surface area (Å²) in [4.78, 5) is 23.1. The van der Waals surface area contributed by atoms with Gasteiger partial charge in [-0.1, -0.05) is 242 Å². The summed E-state index contributed by atoms with van der Waals surface area (Å²) in [5, 5.41) is 0. The molecule has 9 heteroatoms. The van der Waals surface area contributed by atoms with Crippen molar-refractivity contribution in [3.8, 4) is 0 Å². The van der Waals surface area contributed by atoms with Crippen LogP contribution < -0.4 is 0 Å². The van der Waals surface area contributed by atoms with Gasteiger partial charge in [-0.05, 0) is 83.5 Å². The van der Waals surface area contributed by atoms with E-state index in [1.54, 1.807) is 0 Å². The summed E-state index contributed by atoms with van der Waals surface area (Å²) >= 11 is 0. The normalized spacial score (nSPS) is 13.8. The van der Waals surface area contributed by atoms with Gasteiger partial charge in [-0.3, -0.25) is 13.8 Å². The molecule has 0 amide bonds. The predicted octanol–water partition coefficient (Wildman–Crippen LogP) is 19.2. The Balaban J connectivity index is 4.07. The number of quaternary nitrogens is 1. The van der Waals surface area contributed by atoms with Crippen LogP contribution in [0.3, 0.4) is 0 Å². The highest BCUT2D eigenvalue weighted by molar-refractivity contribution is 7.47. The molecule has 0 saturated heterocycles. The van der Waals surface area contributed by atoms with Crippen LogP contribution in [-0.4, -0.2) is 75.6 Å². The molecule has 0 fully saturated rings. The van der Waals surface area contributed by atoms with Gasteiger partial charge in [0.1, 0.15) is 19.3 Å². The topological polar surface area (TPSA) is 91.3 Å². The second kappa shape index (κ2) is 54.5. The number of carbonyl (C=O) groups is 1. The zero-order valence-corrected chi connectivity index (χ0v) is 48.4. The number of hydrogen-bond donors (Lipinski definition) is 1. The molecule has 0 rings (SSSR count). The molecule has 0 aliphatic heterocycles. The average molecular weight is 1020 g/mol. The van der Waals surface area contributed by atoms with Crippen molar-refractivity contribution in [2.75, 3.05) is 54.1 Å². The number of rotatable bonds is 56. The first kappa shape index (κ1) is 69.2. The summed E-state index contributed by atoms with van der Waals surface area (Å²) in [5.41, 5.74) is 0. The fraction of sp³-hybridized carbons (Fsp3) is 0.823. The van der Waals surface area contributed by atoms with Crippen molar-refractivity contribution in [2.24, 2.45) is 0 Å². The largest absolute Gasteiger partial charge is 0.472 e. The van der Waals surface area contributed by atoms with Gasteiger partial charge in [-0.25, -0.2) is 4.57 Å². The van der Waals surface area contributed by atoms with E-state index in [9.17, 15) is 14.3 Å². The van der Waals surface area contributed by atoms with E-state index in [1.165, 1.54) is 199 Å². The van der Waals surface area contributed by atoms with Crippen molar-refractivity contribution >= 4 is 13.8 Å². The molecule has 0 aliphatic rings. The molecule has 0 saturated carbocycles. The van der Waals surface area contributed by atoms with Crippen LogP contribution in [0.2, 0.25) is 0 Å². The van der Waals surface area contributed by atoms with E-state index in [1.807, 2.05) is 21.1 Å². The van der Waals surface area contributed by atoms with E-state index >= 15 is 0 Å². The summed E-state index contributed by atoms with van der Waals surface area (Å²) in [6, 6.07) is 0. The molecule has 2 unspecified atom stereocenters. The third kappa shape index (κ3) is 59.0. The first-order valence-corrected chi connectivity index (χ1v) is 31.5. The van der Waals surface area contributed by atoms with Gasteiger partial charge in [-0.15, -0.1) is 0 Å². The summed E-state index contributed by atoms with van der Waals surface area (Å²) < 4.78 is 35.3. The number of carbonyl (C=O) groups excluding carboxylic acids is 1. The maximum Gasteiger partial charge on any atom is 0.472 e. The van der Waals surface area contributed by atoms with E-state index in [-0.39, 0.29) is 25.8 Å². The second-order valence-electron chi connectivity index (χ2n) is 21.4. The number of phosphoric ester groups is 1. The van der Waals surface area contributed by atoms with Gasteiger partial charge >= 0.3 is 13.8 Å². The summed E-state index contributed by atoms with van der Waals surface area (Å²) in [7, 11) is 1.67. The molecule has 0 heterocycles. The van der Waals surface area contributed by atoms with Gasteiger partial charge in [0.2, 0.25) is 0 Å². The zero-order valence-electron chi connectivity index (χ0n) is 47.5. The molecule has 0 aromatic carbocycles. The van der Waals surface area contributed by atoms with Crippen LogP contribution in [0.15, 0.2) is 60.8 Å². The van der Waals surface area contributed by atoms with Crippen LogP contribution in [0.5, 0.6) is 0 Å². The summed E-state index contributed by atoms with van der Waals surface area (Å²) in [5.74, 6) is -0.316. The number of allylic oxidation sites excluding steroid dienone is 10. The molecule has 0 spiro atoms. The molecule has 416 valence electrons. The quantitative estimate of drug-likeness (QED) is 0.0213. The maximum absolute atomic E-state index is 12.8. The molecular weight excluding hydrogens is 902 g/mol. The highest BCUT2D eigenvalue weighted by Crippen LogP contribution is 2.43. The lowest BCUT2D eigenvalue weighted by molar-refractivity contribution is -0.870. The Kier molecular flexibility index (Phi) is 53.1. The van der Waals surface area contributed by atoms with Gasteiger partial charge in [0.15, 0.2) is 0 Å². The number of nitrogens with zero attached hydrogens (tertiary/aromatic N) is 1. The Morgan fingerprint density at radius 3 is 1.15 bits per heavy atom. The van der Waals surface area contributed by atoms with Crippen LogP contribution in [0.4, 0.5) is 0 Å². The lowest BCUT2D eigenvalue weighted by Crippen LogP contribution is -2.37. The molecular formula is C62H117NO7P+. The van der Waals surface area contributed by atoms with Crippen LogP contribution >= 0.6 is 7.82 Å². The zero-order chi connectivity index (χ0) is 51.9. The molecule has 0 aromatic rings. The molecule has 8 nitrogen and oxygen atoms in total. The number of hydrogen-bond acceptors (Lipinski definition) is 6. The van der Waals surface area contributed by atoms with Gasteiger partial charge in [0.25, 0.3) is 0 Å². The summed E-state index contributed by atoms with van der Waals surface area (Å²) in [6.45, 7) is 5.63. The number of esters is 1. The van der Waals surface area contributed by atoms with Crippen LogP contribution in [-0.2, 0) is 27.9 Å². The van der Waals surface area contributed by atoms with Crippen LogP contribution in [0.1, 0.15) is 271 Å². The van der Waals surface area contributed by atoms with Gasteiger partial charge in [0.05, 0.1) is 34.4 Å². The third-order valence-electron chi connectivity index (χ3n) is 13.1. The third-order valence-corrected chi connectivity index (χ3v) is 14.0. The number of ether oxygens (including phenoxy) is 2. The highest BCUT2D eigenvalue weighted by Gasteiger charge is 2.26. The first-order valence-electron chi connectivity index (χ1n) is 30.0. The first-order chi connectivity index (χ1) is 34.6. The molecule has 0 aliphatic carbocycles. The molecule has 2 atom stereocenters. The highest BCUT2D eigenvalue weighted by atomic mass is 31.2. The van der Waals surface area contributed by atoms with Crippen LogP contribution in [0, 0.1) is 0 Å². The van der Waals surface area contributed by atoms with E-state index < -0.39 is 13.9 Å².